The van der Waals surface area contributed by atoms with Crippen molar-refractivity contribution in [3.05, 3.63) is 29.3 Å². The molecule has 1 aromatic carbocycles. The van der Waals surface area contributed by atoms with Crippen molar-refractivity contribution >= 4 is 11.9 Å². The number of aromatic hydroxyl groups is 1. The molecule has 0 unspecified atom stereocenters. The number of phenols is 1. The Balaban J connectivity index is 1.97. The van der Waals surface area contributed by atoms with Gasteiger partial charge in [-0.3, -0.25) is 14.5 Å². The molecule has 1 saturated heterocycles. The predicted molar refractivity (Wildman–Crippen MR) is 86.4 cm³/mol. The molecule has 1 N–H and O–H groups in total. The third kappa shape index (κ3) is 4.69. The van der Waals surface area contributed by atoms with E-state index in [2.05, 4.69) is 0 Å². The van der Waals surface area contributed by atoms with Crippen molar-refractivity contribution in [2.45, 2.75) is 20.3 Å². The van der Waals surface area contributed by atoms with Gasteiger partial charge in [0.1, 0.15) is 5.75 Å². The number of phenolic OH excluding ortho intramolecular Hbond substituents is 1. The van der Waals surface area contributed by atoms with Crippen LogP contribution in [0.5, 0.6) is 5.75 Å². The van der Waals surface area contributed by atoms with Gasteiger partial charge in [0.25, 0.3) is 5.91 Å². The number of amides is 1. The van der Waals surface area contributed by atoms with Crippen molar-refractivity contribution in [1.82, 2.24) is 9.80 Å². The van der Waals surface area contributed by atoms with Crippen LogP contribution in [-0.2, 0) is 9.53 Å². The zero-order chi connectivity index (χ0) is 16.8. The first-order chi connectivity index (χ1) is 11.0. The summed E-state index contributed by atoms with van der Waals surface area (Å²) in [6, 6.07) is 5.07. The van der Waals surface area contributed by atoms with Gasteiger partial charge in [0.2, 0.25) is 0 Å². The molecule has 1 heterocycles. The molecule has 0 spiro atoms. The minimum atomic E-state index is -0.233. The quantitative estimate of drug-likeness (QED) is 0.850. The highest BCUT2D eigenvalue weighted by Gasteiger charge is 2.23. The van der Waals surface area contributed by atoms with Crippen LogP contribution in [0.3, 0.4) is 0 Å². The van der Waals surface area contributed by atoms with Crippen molar-refractivity contribution < 1.29 is 19.4 Å². The number of nitrogens with zero attached hydrogens (tertiary/aromatic N) is 2. The fraction of sp³-hybridized carbons (Fsp3) is 0.529. The number of hydrogen-bond donors (Lipinski definition) is 1. The molecule has 2 rings (SSSR count). The van der Waals surface area contributed by atoms with Gasteiger partial charge in [-0.05, 0) is 38.0 Å². The lowest BCUT2D eigenvalue weighted by Crippen LogP contribution is -2.37. The summed E-state index contributed by atoms with van der Waals surface area (Å²) < 4.78 is 4.96. The summed E-state index contributed by atoms with van der Waals surface area (Å²) in [5, 5.41) is 9.97. The van der Waals surface area contributed by atoms with Gasteiger partial charge in [0, 0.05) is 26.2 Å². The van der Waals surface area contributed by atoms with Crippen LogP contribution in [0.2, 0.25) is 0 Å². The molecule has 6 heteroatoms. The summed E-state index contributed by atoms with van der Waals surface area (Å²) in [4.78, 5) is 27.9. The van der Waals surface area contributed by atoms with E-state index in [0.717, 1.165) is 18.5 Å². The highest BCUT2D eigenvalue weighted by Crippen LogP contribution is 2.21. The molecule has 1 amide bonds. The summed E-state index contributed by atoms with van der Waals surface area (Å²) in [5.41, 5.74) is 1.24. The monoisotopic (exact) mass is 320 g/mol. The van der Waals surface area contributed by atoms with Gasteiger partial charge in [0.15, 0.2) is 0 Å². The van der Waals surface area contributed by atoms with E-state index in [4.69, 9.17) is 4.74 Å². The molecule has 6 nitrogen and oxygen atoms in total. The number of carbonyl (C=O) groups is 2. The lowest BCUT2D eigenvalue weighted by atomic mass is 10.1. The van der Waals surface area contributed by atoms with Crippen LogP contribution >= 0.6 is 0 Å². The second-order valence-electron chi connectivity index (χ2n) is 5.75. The molecule has 1 aliphatic heterocycles. The number of rotatable bonds is 4. The molecule has 126 valence electrons. The van der Waals surface area contributed by atoms with Gasteiger partial charge in [0.05, 0.1) is 18.7 Å². The first-order valence-corrected chi connectivity index (χ1v) is 7.98. The Morgan fingerprint density at radius 1 is 1.22 bits per heavy atom. The second-order valence-corrected chi connectivity index (χ2v) is 5.75. The van der Waals surface area contributed by atoms with Gasteiger partial charge in [-0.15, -0.1) is 0 Å². The van der Waals surface area contributed by atoms with Crippen LogP contribution in [-0.4, -0.2) is 66.1 Å². The van der Waals surface area contributed by atoms with E-state index in [0.29, 0.717) is 31.8 Å². The highest BCUT2D eigenvalue weighted by molar-refractivity contribution is 5.96. The lowest BCUT2D eigenvalue weighted by molar-refractivity contribution is -0.144. The Labute approximate surface area is 136 Å². The molecule has 0 aliphatic carbocycles. The van der Waals surface area contributed by atoms with Crippen LogP contribution in [0.4, 0.5) is 0 Å². The zero-order valence-corrected chi connectivity index (χ0v) is 13.7. The minimum Gasteiger partial charge on any atom is -0.507 e. The number of aryl methyl sites for hydroxylation is 1. The Kier molecular flexibility index (Phi) is 5.98. The van der Waals surface area contributed by atoms with Gasteiger partial charge in [-0.1, -0.05) is 6.07 Å². The van der Waals surface area contributed by atoms with Crippen molar-refractivity contribution in [2.75, 3.05) is 39.3 Å². The van der Waals surface area contributed by atoms with Gasteiger partial charge in [-0.2, -0.15) is 0 Å². The average molecular weight is 320 g/mol. The lowest BCUT2D eigenvalue weighted by Gasteiger charge is -2.22. The third-order valence-electron chi connectivity index (χ3n) is 3.92. The van der Waals surface area contributed by atoms with E-state index in [-0.39, 0.29) is 24.2 Å². The molecule has 0 saturated carbocycles. The van der Waals surface area contributed by atoms with E-state index < -0.39 is 0 Å². The first kappa shape index (κ1) is 17.3. The van der Waals surface area contributed by atoms with E-state index in [1.54, 1.807) is 24.0 Å². The summed E-state index contributed by atoms with van der Waals surface area (Å²) in [5.74, 6) is -0.383. The van der Waals surface area contributed by atoms with Crippen LogP contribution < -0.4 is 0 Å². The molecule has 0 atom stereocenters. The maximum atomic E-state index is 12.6. The fourth-order valence-electron chi connectivity index (χ4n) is 2.71. The van der Waals surface area contributed by atoms with Crippen LogP contribution in [0.15, 0.2) is 18.2 Å². The molecule has 0 bridgehead atoms. The predicted octanol–water partition coefficient (Wildman–Crippen LogP) is 1.41. The van der Waals surface area contributed by atoms with Gasteiger partial charge >= 0.3 is 5.97 Å². The molecule has 23 heavy (non-hydrogen) atoms. The Morgan fingerprint density at radius 2 is 2.00 bits per heavy atom. The average Bonchev–Trinajstić information content (AvgIpc) is 2.72. The van der Waals surface area contributed by atoms with Crippen molar-refractivity contribution in [2.24, 2.45) is 0 Å². The maximum absolute atomic E-state index is 12.6. The number of hydrogen-bond acceptors (Lipinski definition) is 5. The Morgan fingerprint density at radius 3 is 2.70 bits per heavy atom. The number of benzene rings is 1. The standard InChI is InChI=1S/C17H24N2O4/c1-3-23-16(21)12-18-7-4-8-19(10-9-18)17(22)14-6-5-13(2)11-15(14)20/h5-6,11,20H,3-4,7-10,12H2,1-2H3. The highest BCUT2D eigenvalue weighted by atomic mass is 16.5. The number of ether oxygens (including phenoxy) is 1. The largest absolute Gasteiger partial charge is 0.507 e. The second kappa shape index (κ2) is 7.97. The first-order valence-electron chi connectivity index (χ1n) is 7.98. The molecule has 0 radical (unpaired) electrons. The molecule has 0 aromatic heterocycles. The Bertz CT molecular complexity index is 574. The number of carbonyl (C=O) groups excluding carboxylic acids is 2. The fourth-order valence-corrected chi connectivity index (χ4v) is 2.71. The van der Waals surface area contributed by atoms with E-state index in [1.165, 1.54) is 0 Å². The van der Waals surface area contributed by atoms with Gasteiger partial charge < -0.3 is 14.7 Å². The topological polar surface area (TPSA) is 70.1 Å². The van der Waals surface area contributed by atoms with Crippen LogP contribution in [0, 0.1) is 6.92 Å². The Hall–Kier alpha value is -2.08. The SMILES string of the molecule is CCOC(=O)CN1CCCN(C(=O)c2ccc(C)cc2O)CC1. The maximum Gasteiger partial charge on any atom is 0.320 e. The van der Waals surface area contributed by atoms with Crippen molar-refractivity contribution in [3.8, 4) is 5.75 Å². The molecule has 1 fully saturated rings. The van der Waals surface area contributed by atoms with Crippen molar-refractivity contribution in [1.29, 1.82) is 0 Å². The normalized spacial score (nSPS) is 16.0. The van der Waals surface area contributed by atoms with Crippen LogP contribution in [0.1, 0.15) is 29.3 Å². The van der Waals surface area contributed by atoms with E-state index in [9.17, 15) is 14.7 Å². The summed E-state index contributed by atoms with van der Waals surface area (Å²) in [6.07, 6.45) is 0.789. The van der Waals surface area contributed by atoms with E-state index in [1.807, 2.05) is 17.9 Å². The van der Waals surface area contributed by atoms with Gasteiger partial charge in [-0.25, -0.2) is 0 Å². The number of esters is 1. The molecular formula is C17H24N2O4. The molecule has 1 aromatic rings. The summed E-state index contributed by atoms with van der Waals surface area (Å²) >= 11 is 0. The summed E-state index contributed by atoms with van der Waals surface area (Å²) in [6.45, 7) is 6.81. The molecule has 1 aliphatic rings. The zero-order valence-electron chi connectivity index (χ0n) is 13.7. The summed E-state index contributed by atoms with van der Waals surface area (Å²) in [7, 11) is 0. The van der Waals surface area contributed by atoms with Crippen LogP contribution in [0.25, 0.3) is 0 Å². The van der Waals surface area contributed by atoms with Crippen molar-refractivity contribution in [3.63, 3.8) is 0 Å². The molecular weight excluding hydrogens is 296 g/mol. The minimum absolute atomic E-state index is 0.0163. The third-order valence-corrected chi connectivity index (χ3v) is 3.92. The smallest absolute Gasteiger partial charge is 0.320 e. The van der Waals surface area contributed by atoms with E-state index >= 15 is 0 Å².